The van der Waals surface area contributed by atoms with Crippen molar-refractivity contribution in [2.45, 2.75) is 25.8 Å². The van der Waals surface area contributed by atoms with Gasteiger partial charge in [-0.05, 0) is 37.5 Å². The zero-order valence-corrected chi connectivity index (χ0v) is 17.9. The van der Waals surface area contributed by atoms with Crippen LogP contribution >= 0.6 is 0 Å². The topological polar surface area (TPSA) is 113 Å². The number of likely N-dealkylation sites (tertiary alicyclic amines) is 1. The van der Waals surface area contributed by atoms with Crippen molar-refractivity contribution in [1.82, 2.24) is 19.4 Å². The van der Waals surface area contributed by atoms with Crippen LogP contribution in [0.3, 0.4) is 0 Å². The van der Waals surface area contributed by atoms with Crippen molar-refractivity contribution in [3.05, 3.63) is 53.3 Å². The minimum atomic E-state index is -0.301. The summed E-state index contributed by atoms with van der Waals surface area (Å²) < 4.78 is 6.97. The molecule has 3 heterocycles. The molecule has 9 nitrogen and oxygen atoms in total. The fraction of sp³-hybridized carbons (Fsp3) is 0.348. The SMILES string of the molecule is COCCCn1c(NC(=O)C2=CC=CC(C#N)=CC2)nc2ccc(C(=O)N3CCC3)nc21. The highest BCUT2D eigenvalue weighted by molar-refractivity contribution is 6.04. The number of carbonyl (C=O) groups is 2. The highest BCUT2D eigenvalue weighted by atomic mass is 16.5. The van der Waals surface area contributed by atoms with E-state index in [0.717, 1.165) is 19.5 Å². The van der Waals surface area contributed by atoms with Gasteiger partial charge in [-0.3, -0.25) is 19.5 Å². The van der Waals surface area contributed by atoms with E-state index in [-0.39, 0.29) is 11.8 Å². The summed E-state index contributed by atoms with van der Waals surface area (Å²) in [6.07, 6.45) is 8.81. The van der Waals surface area contributed by atoms with E-state index in [1.807, 2.05) is 4.57 Å². The number of aryl methyl sites for hydroxylation is 1. The Labute approximate surface area is 185 Å². The van der Waals surface area contributed by atoms with Gasteiger partial charge in [-0.25, -0.2) is 9.97 Å². The molecule has 1 saturated heterocycles. The number of anilines is 1. The normalized spacial score (nSPS) is 15.4. The smallest absolute Gasteiger partial charge is 0.272 e. The first-order chi connectivity index (χ1) is 15.6. The van der Waals surface area contributed by atoms with Crippen molar-refractivity contribution >= 4 is 28.9 Å². The summed E-state index contributed by atoms with van der Waals surface area (Å²) in [7, 11) is 1.63. The monoisotopic (exact) mass is 432 g/mol. The Morgan fingerprint density at radius 3 is 2.84 bits per heavy atom. The van der Waals surface area contributed by atoms with Crippen molar-refractivity contribution in [3.8, 4) is 6.07 Å². The molecule has 2 amide bonds. The number of nitrogens with zero attached hydrogens (tertiary/aromatic N) is 5. The first-order valence-corrected chi connectivity index (χ1v) is 10.5. The second-order valence-corrected chi connectivity index (χ2v) is 7.60. The first-order valence-electron chi connectivity index (χ1n) is 10.5. The van der Waals surface area contributed by atoms with E-state index in [4.69, 9.17) is 10.00 Å². The van der Waals surface area contributed by atoms with Gasteiger partial charge in [-0.1, -0.05) is 18.2 Å². The van der Waals surface area contributed by atoms with Crippen LogP contribution in [-0.4, -0.2) is 58.1 Å². The van der Waals surface area contributed by atoms with Gasteiger partial charge in [0.25, 0.3) is 11.8 Å². The number of allylic oxidation sites excluding steroid dienone is 5. The molecule has 0 unspecified atom stereocenters. The molecule has 0 bridgehead atoms. The number of fused-ring (bicyclic) bond motifs is 1. The molecule has 2 aromatic heterocycles. The molecule has 164 valence electrons. The maximum absolute atomic E-state index is 12.9. The molecular weight excluding hydrogens is 408 g/mol. The quantitative estimate of drug-likeness (QED) is 0.673. The lowest BCUT2D eigenvalue weighted by Gasteiger charge is -2.30. The molecule has 32 heavy (non-hydrogen) atoms. The van der Waals surface area contributed by atoms with Gasteiger partial charge < -0.3 is 9.64 Å². The van der Waals surface area contributed by atoms with E-state index in [1.54, 1.807) is 48.4 Å². The summed E-state index contributed by atoms with van der Waals surface area (Å²) >= 11 is 0. The molecule has 4 rings (SSSR count). The summed E-state index contributed by atoms with van der Waals surface area (Å²) in [4.78, 5) is 36.4. The summed E-state index contributed by atoms with van der Waals surface area (Å²) in [6.45, 7) is 2.56. The van der Waals surface area contributed by atoms with E-state index in [9.17, 15) is 9.59 Å². The van der Waals surface area contributed by atoms with E-state index >= 15 is 0 Å². The third-order valence-electron chi connectivity index (χ3n) is 5.45. The number of pyridine rings is 1. The fourth-order valence-corrected chi connectivity index (χ4v) is 3.53. The van der Waals surface area contributed by atoms with E-state index in [2.05, 4.69) is 21.4 Å². The fourth-order valence-electron chi connectivity index (χ4n) is 3.53. The molecule has 9 heteroatoms. The summed E-state index contributed by atoms with van der Waals surface area (Å²) in [5.41, 5.74) is 2.54. The highest BCUT2D eigenvalue weighted by Gasteiger charge is 2.24. The Hall–Kier alpha value is -3.77. The number of rotatable bonds is 7. The van der Waals surface area contributed by atoms with Gasteiger partial charge in [0.1, 0.15) is 11.2 Å². The summed E-state index contributed by atoms with van der Waals surface area (Å²) in [5.74, 6) is -0.0325. The van der Waals surface area contributed by atoms with Crippen molar-refractivity contribution in [3.63, 3.8) is 0 Å². The van der Waals surface area contributed by atoms with Gasteiger partial charge in [0.15, 0.2) is 5.65 Å². The van der Waals surface area contributed by atoms with Crippen molar-refractivity contribution in [2.24, 2.45) is 0 Å². The number of nitriles is 1. The zero-order valence-electron chi connectivity index (χ0n) is 17.9. The minimum absolute atomic E-state index is 0.0936. The maximum atomic E-state index is 12.9. The lowest BCUT2D eigenvalue weighted by molar-refractivity contribution is -0.113. The first kappa shape index (κ1) is 21.5. The maximum Gasteiger partial charge on any atom is 0.272 e. The van der Waals surface area contributed by atoms with Gasteiger partial charge in [-0.2, -0.15) is 5.26 Å². The van der Waals surface area contributed by atoms with Gasteiger partial charge in [0.2, 0.25) is 5.95 Å². The zero-order chi connectivity index (χ0) is 22.5. The molecule has 2 aliphatic rings. The van der Waals surface area contributed by atoms with Crippen LogP contribution in [-0.2, 0) is 16.1 Å². The lowest BCUT2D eigenvalue weighted by atomic mass is 10.1. The van der Waals surface area contributed by atoms with Crippen LogP contribution in [0.15, 0.2) is 47.6 Å². The van der Waals surface area contributed by atoms with Crippen LogP contribution in [0.2, 0.25) is 0 Å². The van der Waals surface area contributed by atoms with Crippen molar-refractivity contribution in [2.75, 3.05) is 32.1 Å². The van der Waals surface area contributed by atoms with Gasteiger partial charge >= 0.3 is 0 Å². The van der Waals surface area contributed by atoms with Gasteiger partial charge in [-0.15, -0.1) is 0 Å². The molecule has 0 aromatic carbocycles. The molecule has 1 fully saturated rings. The average molecular weight is 432 g/mol. The highest BCUT2D eigenvalue weighted by Crippen LogP contribution is 2.22. The Morgan fingerprint density at radius 2 is 2.12 bits per heavy atom. The Morgan fingerprint density at radius 1 is 1.28 bits per heavy atom. The number of carbonyl (C=O) groups excluding carboxylic acids is 2. The van der Waals surface area contributed by atoms with Crippen LogP contribution in [0.5, 0.6) is 0 Å². The molecule has 1 aliphatic heterocycles. The molecule has 0 radical (unpaired) electrons. The van der Waals surface area contributed by atoms with E-state index < -0.39 is 0 Å². The number of methoxy groups -OCH3 is 1. The van der Waals surface area contributed by atoms with Crippen LogP contribution in [0, 0.1) is 11.3 Å². The Kier molecular flexibility index (Phi) is 6.42. The Bertz CT molecular complexity index is 1180. The standard InChI is InChI=1S/C23H24N6O3/c1-32-14-4-13-29-20-18(9-10-19(25-20)22(31)28-11-3-12-28)26-23(29)27-21(30)17-6-2-5-16(15-24)7-8-17/h2,5-7,9-10H,3-4,8,11-14H2,1H3,(H,26,27,30). The van der Waals surface area contributed by atoms with Crippen LogP contribution in [0.1, 0.15) is 29.8 Å². The largest absolute Gasteiger partial charge is 0.385 e. The third kappa shape index (κ3) is 4.45. The number of amides is 2. The average Bonchev–Trinajstić information content (AvgIpc) is 2.93. The van der Waals surface area contributed by atoms with Crippen LogP contribution < -0.4 is 5.32 Å². The molecule has 0 spiro atoms. The number of nitrogens with one attached hydrogen (secondary N) is 1. The third-order valence-corrected chi connectivity index (χ3v) is 5.45. The molecule has 1 aliphatic carbocycles. The predicted molar refractivity (Wildman–Crippen MR) is 119 cm³/mol. The summed E-state index contributed by atoms with van der Waals surface area (Å²) in [5, 5.41) is 11.9. The number of ether oxygens (including phenoxy) is 1. The minimum Gasteiger partial charge on any atom is -0.385 e. The second-order valence-electron chi connectivity index (χ2n) is 7.60. The number of hydrogen-bond acceptors (Lipinski definition) is 6. The van der Waals surface area contributed by atoms with Crippen molar-refractivity contribution < 1.29 is 14.3 Å². The Balaban J connectivity index is 1.63. The predicted octanol–water partition coefficient (Wildman–Crippen LogP) is 2.59. The van der Waals surface area contributed by atoms with Gasteiger partial charge in [0.05, 0.1) is 6.07 Å². The molecular formula is C23H24N6O3. The van der Waals surface area contributed by atoms with Gasteiger partial charge in [0, 0.05) is 44.5 Å². The molecule has 1 N–H and O–H groups in total. The molecule has 2 aromatic rings. The number of hydrogen-bond donors (Lipinski definition) is 1. The molecule has 0 saturated carbocycles. The van der Waals surface area contributed by atoms with Crippen LogP contribution in [0.25, 0.3) is 11.2 Å². The number of imidazole rings is 1. The number of aromatic nitrogens is 3. The lowest BCUT2D eigenvalue weighted by Crippen LogP contribution is -2.42. The molecule has 0 atom stereocenters. The van der Waals surface area contributed by atoms with E-state index in [1.165, 1.54) is 0 Å². The van der Waals surface area contributed by atoms with E-state index in [0.29, 0.717) is 59.9 Å². The summed E-state index contributed by atoms with van der Waals surface area (Å²) in [6, 6.07) is 5.51. The van der Waals surface area contributed by atoms with Crippen molar-refractivity contribution in [1.29, 1.82) is 5.26 Å². The van der Waals surface area contributed by atoms with Crippen LogP contribution in [0.4, 0.5) is 5.95 Å². The second kappa shape index (κ2) is 9.58.